The average molecular weight is 279 g/mol. The third kappa shape index (κ3) is 1.65. The number of nitrogens with zero attached hydrogens (tertiary/aromatic N) is 2. The molecule has 0 saturated carbocycles. The van der Waals surface area contributed by atoms with Crippen molar-refractivity contribution in [3.05, 3.63) is 65.8 Å². The van der Waals surface area contributed by atoms with E-state index in [0.29, 0.717) is 0 Å². The van der Waals surface area contributed by atoms with Gasteiger partial charge in [-0.2, -0.15) is 4.37 Å². The van der Waals surface area contributed by atoms with Crippen LogP contribution in [0.4, 0.5) is 0 Å². The van der Waals surface area contributed by atoms with E-state index < -0.39 is 0 Å². The number of hydrogen-bond acceptors (Lipinski definition) is 4. The Morgan fingerprint density at radius 1 is 0.950 bits per heavy atom. The molecule has 4 heteroatoms. The Bertz CT molecular complexity index is 819. The zero-order valence-corrected chi connectivity index (χ0v) is 11.6. The van der Waals surface area contributed by atoms with Gasteiger partial charge in [0.05, 0.1) is 16.3 Å². The summed E-state index contributed by atoms with van der Waals surface area (Å²) in [6, 6.07) is 16.2. The van der Waals surface area contributed by atoms with Crippen molar-refractivity contribution in [1.82, 2.24) is 9.53 Å². The molecule has 0 unspecified atom stereocenters. The van der Waals surface area contributed by atoms with Gasteiger partial charge in [-0.3, -0.25) is 0 Å². The number of hydrogen-bond donors (Lipinski definition) is 0. The van der Waals surface area contributed by atoms with E-state index in [1.54, 1.807) is 0 Å². The number of benzene rings is 2. The van der Waals surface area contributed by atoms with Crippen LogP contribution >= 0.6 is 11.5 Å². The minimum atomic E-state index is 0.807. The van der Waals surface area contributed by atoms with E-state index in [2.05, 4.69) is 21.7 Å². The van der Waals surface area contributed by atoms with Crippen molar-refractivity contribution in [1.29, 1.82) is 0 Å². The van der Waals surface area contributed by atoms with Crippen LogP contribution in [0.25, 0.3) is 21.1 Å². The summed E-state index contributed by atoms with van der Waals surface area (Å²) in [6.07, 6.45) is 0. The van der Waals surface area contributed by atoms with Gasteiger partial charge in [-0.05, 0) is 36.7 Å². The van der Waals surface area contributed by atoms with Gasteiger partial charge in [0, 0.05) is 10.8 Å². The number of fused-ring (bicyclic) bond motifs is 2. The second kappa shape index (κ2) is 4.42. The smallest absolute Gasteiger partial charge is 0.167 e. The number of rotatable bonds is 2. The van der Waals surface area contributed by atoms with Gasteiger partial charge in [0.15, 0.2) is 5.58 Å². The zero-order chi connectivity index (χ0) is 13.5. The summed E-state index contributed by atoms with van der Waals surface area (Å²) in [5.74, 6) is 1.05. The van der Waals surface area contributed by atoms with E-state index in [0.717, 1.165) is 28.3 Å². The minimum absolute atomic E-state index is 0.807. The summed E-state index contributed by atoms with van der Waals surface area (Å²) in [4.78, 5) is 0. The number of para-hydroxylation sites is 1. The van der Waals surface area contributed by atoms with Crippen LogP contribution in [0.15, 0.2) is 53.1 Å². The highest BCUT2D eigenvalue weighted by Crippen LogP contribution is 2.33. The fourth-order valence-corrected chi connectivity index (χ4v) is 3.25. The predicted octanol–water partition coefficient (Wildman–Crippen LogP) is 4.43. The second-order valence-electron chi connectivity index (χ2n) is 4.68. The third-order valence-electron chi connectivity index (χ3n) is 3.47. The molecule has 0 fully saturated rings. The summed E-state index contributed by atoms with van der Waals surface area (Å²) >= 11 is 1.52. The molecule has 0 atom stereocenters. The Hall–Kier alpha value is -2.20. The largest absolute Gasteiger partial charge is 0.356 e. The summed E-state index contributed by atoms with van der Waals surface area (Å²) in [7, 11) is 0. The highest BCUT2D eigenvalue weighted by Gasteiger charge is 2.21. The Morgan fingerprint density at radius 3 is 2.60 bits per heavy atom. The molecule has 0 saturated heterocycles. The molecule has 2 aromatic heterocycles. The summed E-state index contributed by atoms with van der Waals surface area (Å²) in [5, 5.41) is 6.41. The highest BCUT2D eigenvalue weighted by atomic mass is 32.1. The van der Waals surface area contributed by atoms with Crippen molar-refractivity contribution in [3.8, 4) is 0 Å². The van der Waals surface area contributed by atoms with Crippen molar-refractivity contribution < 1.29 is 4.52 Å². The van der Waals surface area contributed by atoms with Gasteiger partial charge < -0.3 is 4.52 Å². The normalized spacial score (nSPS) is 11.7. The standard InChI is InChI=1S/C16H11N2OS/c1-10(15-11-6-2-4-8-13(11)19-17-15)16-12-7-3-5-9-14(12)20-18-16/h2-9H,1H3. The average Bonchev–Trinajstić information content (AvgIpc) is 3.11. The Labute approximate surface area is 120 Å². The van der Waals surface area contributed by atoms with E-state index in [-0.39, 0.29) is 0 Å². The highest BCUT2D eigenvalue weighted by molar-refractivity contribution is 7.13. The van der Waals surface area contributed by atoms with Gasteiger partial charge in [-0.1, -0.05) is 35.5 Å². The van der Waals surface area contributed by atoms with E-state index in [9.17, 15) is 0 Å². The number of aromatic nitrogens is 2. The molecule has 0 spiro atoms. The van der Waals surface area contributed by atoms with Crippen LogP contribution < -0.4 is 0 Å². The molecule has 0 bridgehead atoms. The molecule has 0 N–H and O–H groups in total. The first-order valence-corrected chi connectivity index (χ1v) is 7.15. The van der Waals surface area contributed by atoms with Gasteiger partial charge in [0.25, 0.3) is 0 Å². The zero-order valence-electron chi connectivity index (χ0n) is 10.8. The molecule has 97 valence electrons. The maximum atomic E-state index is 5.39. The lowest BCUT2D eigenvalue weighted by Crippen LogP contribution is -1.98. The Morgan fingerprint density at radius 2 is 1.70 bits per heavy atom. The molecule has 3 nitrogen and oxygen atoms in total. The lowest BCUT2D eigenvalue weighted by atomic mass is 9.98. The van der Waals surface area contributed by atoms with Gasteiger partial charge in [0.1, 0.15) is 5.69 Å². The van der Waals surface area contributed by atoms with E-state index >= 15 is 0 Å². The van der Waals surface area contributed by atoms with Gasteiger partial charge in [-0.15, -0.1) is 0 Å². The van der Waals surface area contributed by atoms with Crippen LogP contribution in [-0.4, -0.2) is 9.53 Å². The molecular formula is C16H11N2OS. The SMILES string of the molecule is C[C](c1noc2ccccc12)c1nsc2ccccc12. The summed E-state index contributed by atoms with van der Waals surface area (Å²) < 4.78 is 11.2. The topological polar surface area (TPSA) is 38.9 Å². The Balaban J connectivity index is 1.90. The molecule has 0 amide bonds. The fourth-order valence-electron chi connectivity index (χ4n) is 2.42. The van der Waals surface area contributed by atoms with Crippen LogP contribution in [0.3, 0.4) is 0 Å². The first kappa shape index (κ1) is 11.6. The van der Waals surface area contributed by atoms with Crippen molar-refractivity contribution in [2.45, 2.75) is 6.92 Å². The van der Waals surface area contributed by atoms with Crippen molar-refractivity contribution in [2.24, 2.45) is 0 Å². The van der Waals surface area contributed by atoms with Crippen LogP contribution in [0.2, 0.25) is 0 Å². The van der Waals surface area contributed by atoms with E-state index in [1.807, 2.05) is 43.3 Å². The molecule has 0 aliphatic heterocycles. The van der Waals surface area contributed by atoms with Crippen molar-refractivity contribution in [2.75, 3.05) is 0 Å². The molecular weight excluding hydrogens is 268 g/mol. The summed E-state index contributed by atoms with van der Waals surface area (Å²) in [5.41, 5.74) is 2.67. The molecule has 0 aliphatic rings. The van der Waals surface area contributed by atoms with Crippen LogP contribution in [0, 0.1) is 5.92 Å². The first-order chi connectivity index (χ1) is 9.84. The van der Waals surface area contributed by atoms with Crippen molar-refractivity contribution >= 4 is 32.6 Å². The quantitative estimate of drug-likeness (QED) is 0.545. The maximum absolute atomic E-state index is 5.39. The maximum Gasteiger partial charge on any atom is 0.167 e. The fraction of sp³-hybridized carbons (Fsp3) is 0.0625. The summed E-state index contributed by atoms with van der Waals surface area (Å²) in [6.45, 7) is 2.05. The van der Waals surface area contributed by atoms with Crippen LogP contribution in [0.5, 0.6) is 0 Å². The second-order valence-corrected chi connectivity index (χ2v) is 5.48. The minimum Gasteiger partial charge on any atom is -0.356 e. The predicted molar refractivity (Wildman–Crippen MR) is 80.8 cm³/mol. The molecule has 4 aromatic rings. The van der Waals surface area contributed by atoms with E-state index in [4.69, 9.17) is 4.52 Å². The first-order valence-electron chi connectivity index (χ1n) is 6.38. The molecule has 1 radical (unpaired) electrons. The lowest BCUT2D eigenvalue weighted by molar-refractivity contribution is 0.450. The van der Waals surface area contributed by atoms with Crippen LogP contribution in [-0.2, 0) is 0 Å². The molecule has 0 aliphatic carbocycles. The van der Waals surface area contributed by atoms with Gasteiger partial charge >= 0.3 is 0 Å². The van der Waals surface area contributed by atoms with Crippen molar-refractivity contribution in [3.63, 3.8) is 0 Å². The molecule has 4 rings (SSSR count). The monoisotopic (exact) mass is 279 g/mol. The molecule has 2 heterocycles. The van der Waals surface area contributed by atoms with Crippen LogP contribution in [0.1, 0.15) is 18.3 Å². The molecule has 20 heavy (non-hydrogen) atoms. The van der Waals surface area contributed by atoms with E-state index in [1.165, 1.54) is 21.6 Å². The van der Waals surface area contributed by atoms with Gasteiger partial charge in [-0.25, -0.2) is 0 Å². The Kier molecular flexibility index (Phi) is 2.57. The molecule has 2 aromatic carbocycles. The third-order valence-corrected chi connectivity index (χ3v) is 4.29. The van der Waals surface area contributed by atoms with Gasteiger partial charge in [0.2, 0.25) is 0 Å². The lowest BCUT2D eigenvalue weighted by Gasteiger charge is -2.04.